The van der Waals surface area contributed by atoms with Gasteiger partial charge in [0.1, 0.15) is 11.0 Å². The van der Waals surface area contributed by atoms with Crippen molar-refractivity contribution in [2.24, 2.45) is 0 Å². The normalized spacial score (nSPS) is 10.8. The van der Waals surface area contributed by atoms with Crippen molar-refractivity contribution >= 4 is 40.0 Å². The summed E-state index contributed by atoms with van der Waals surface area (Å²) >= 11 is 6.52. The van der Waals surface area contributed by atoms with E-state index in [0.29, 0.717) is 20.8 Å². The van der Waals surface area contributed by atoms with Crippen molar-refractivity contribution in [3.8, 4) is 5.95 Å². The van der Waals surface area contributed by atoms with Crippen LogP contribution >= 0.6 is 23.6 Å². The van der Waals surface area contributed by atoms with Gasteiger partial charge < -0.3 is 13.7 Å². The maximum atomic E-state index is 11.7. The molecule has 0 aliphatic heterocycles. The molecule has 3 aromatic heterocycles. The highest BCUT2D eigenvalue weighted by Crippen LogP contribution is 2.17. The lowest BCUT2D eigenvalue weighted by atomic mass is 10.5. The number of ether oxygens (including phenoxy) is 1. The van der Waals surface area contributed by atoms with Crippen molar-refractivity contribution in [2.45, 2.75) is 13.5 Å². The number of nitrogens with one attached hydrogen (secondary N) is 2. The molecule has 8 nitrogen and oxygen atoms in total. The van der Waals surface area contributed by atoms with Crippen LogP contribution in [0.25, 0.3) is 10.3 Å². The van der Waals surface area contributed by atoms with E-state index in [1.54, 1.807) is 6.07 Å². The Bertz CT molecular complexity index is 938. The fraction of sp³-hybridized carbons (Fsp3) is 0.167. The van der Waals surface area contributed by atoms with Crippen LogP contribution in [-0.4, -0.2) is 20.3 Å². The van der Waals surface area contributed by atoms with Crippen LogP contribution in [0.3, 0.4) is 0 Å². The Labute approximate surface area is 133 Å². The van der Waals surface area contributed by atoms with E-state index in [0.717, 1.165) is 0 Å². The first-order valence-corrected chi connectivity index (χ1v) is 7.50. The monoisotopic (exact) mass is 337 g/mol. The fourth-order valence-electron chi connectivity index (χ4n) is 1.86. The number of aryl methyl sites for hydroxylation is 1. The van der Waals surface area contributed by atoms with Gasteiger partial charge in [0.05, 0.1) is 6.26 Å². The molecule has 0 atom stereocenters. The van der Waals surface area contributed by atoms with Crippen molar-refractivity contribution in [1.29, 1.82) is 5.41 Å². The standard InChI is InChI=1S/C12H11N5O3S2/c1-2-16-10-8(22-12(16)21)9(13)17(6-14-10)15-11(18)20-7-4-3-5-19-7/h3-6,13H,2H2,1H3,(H,15,18). The number of nitrogens with zero attached hydrogens (tertiary/aromatic N) is 3. The van der Waals surface area contributed by atoms with Crippen LogP contribution in [0.15, 0.2) is 29.1 Å². The van der Waals surface area contributed by atoms with Gasteiger partial charge in [-0.05, 0) is 25.2 Å². The number of aromatic nitrogens is 3. The predicted octanol–water partition coefficient (Wildman–Crippen LogP) is 2.46. The van der Waals surface area contributed by atoms with Crippen molar-refractivity contribution in [2.75, 3.05) is 5.43 Å². The molecule has 3 heterocycles. The van der Waals surface area contributed by atoms with E-state index >= 15 is 0 Å². The molecule has 22 heavy (non-hydrogen) atoms. The van der Waals surface area contributed by atoms with Gasteiger partial charge in [-0.2, -0.15) is 0 Å². The summed E-state index contributed by atoms with van der Waals surface area (Å²) in [5.74, 6) is 0.0615. The number of carbonyl (C=O) groups excluding carboxylic acids is 1. The maximum absolute atomic E-state index is 11.7. The van der Waals surface area contributed by atoms with E-state index in [-0.39, 0.29) is 11.4 Å². The van der Waals surface area contributed by atoms with E-state index in [1.165, 1.54) is 34.7 Å². The lowest BCUT2D eigenvalue weighted by Gasteiger charge is -2.08. The highest BCUT2D eigenvalue weighted by atomic mass is 32.1. The first-order valence-electron chi connectivity index (χ1n) is 6.28. The molecule has 0 saturated heterocycles. The topological polar surface area (TPSA) is 98.1 Å². The zero-order valence-electron chi connectivity index (χ0n) is 11.4. The number of fused-ring (bicyclic) bond motifs is 1. The van der Waals surface area contributed by atoms with Crippen molar-refractivity contribution in [3.63, 3.8) is 0 Å². The second-order valence-electron chi connectivity index (χ2n) is 4.16. The van der Waals surface area contributed by atoms with Gasteiger partial charge in [-0.1, -0.05) is 11.3 Å². The molecule has 2 N–H and O–H groups in total. The van der Waals surface area contributed by atoms with Crippen LogP contribution in [0.1, 0.15) is 6.92 Å². The summed E-state index contributed by atoms with van der Waals surface area (Å²) in [5, 5.41) is 8.15. The third kappa shape index (κ3) is 2.53. The summed E-state index contributed by atoms with van der Waals surface area (Å²) in [6.07, 6.45) is 1.94. The average Bonchev–Trinajstić information content (AvgIpc) is 3.09. The Kier molecular flexibility index (Phi) is 3.77. The molecule has 0 saturated carbocycles. The van der Waals surface area contributed by atoms with Crippen LogP contribution in [-0.2, 0) is 6.54 Å². The molecule has 10 heteroatoms. The molecule has 0 fully saturated rings. The van der Waals surface area contributed by atoms with Crippen LogP contribution in [0.5, 0.6) is 5.95 Å². The molecular weight excluding hydrogens is 326 g/mol. The van der Waals surface area contributed by atoms with Gasteiger partial charge in [-0.25, -0.2) is 19.9 Å². The molecule has 0 aliphatic rings. The van der Waals surface area contributed by atoms with Crippen LogP contribution in [0.4, 0.5) is 4.79 Å². The van der Waals surface area contributed by atoms with Gasteiger partial charge in [0.25, 0.3) is 5.95 Å². The summed E-state index contributed by atoms with van der Waals surface area (Å²) < 4.78 is 14.0. The zero-order chi connectivity index (χ0) is 15.7. The number of rotatable bonds is 3. The van der Waals surface area contributed by atoms with Gasteiger partial charge in [0, 0.05) is 12.6 Å². The minimum Gasteiger partial charge on any atom is -0.434 e. The lowest BCUT2D eigenvalue weighted by Crippen LogP contribution is -2.34. The average molecular weight is 337 g/mol. The number of carbonyl (C=O) groups is 1. The molecule has 1 amide bonds. The van der Waals surface area contributed by atoms with Crippen LogP contribution in [0.2, 0.25) is 0 Å². The van der Waals surface area contributed by atoms with Crippen molar-refractivity contribution in [3.05, 3.63) is 34.2 Å². The number of hydrogen-bond acceptors (Lipinski definition) is 7. The first-order chi connectivity index (χ1) is 10.6. The summed E-state index contributed by atoms with van der Waals surface area (Å²) in [6, 6.07) is 3.10. The largest absolute Gasteiger partial charge is 0.434 e. The third-order valence-corrected chi connectivity index (χ3v) is 4.28. The molecule has 0 radical (unpaired) electrons. The number of amides is 1. The van der Waals surface area contributed by atoms with Gasteiger partial charge >= 0.3 is 6.09 Å². The smallest absolute Gasteiger partial charge is 0.434 e. The quantitative estimate of drug-likeness (QED) is 0.715. The van der Waals surface area contributed by atoms with Gasteiger partial charge in [-0.3, -0.25) is 5.41 Å². The Morgan fingerprint density at radius 2 is 2.45 bits per heavy atom. The summed E-state index contributed by atoms with van der Waals surface area (Å²) in [6.45, 7) is 2.62. The summed E-state index contributed by atoms with van der Waals surface area (Å²) in [4.78, 5) is 16.0. The molecule has 114 valence electrons. The number of thiazole rings is 1. The second kappa shape index (κ2) is 5.73. The van der Waals surface area contributed by atoms with Gasteiger partial charge in [0.2, 0.25) is 0 Å². The van der Waals surface area contributed by atoms with E-state index in [1.807, 2.05) is 11.5 Å². The van der Waals surface area contributed by atoms with Crippen molar-refractivity contribution < 1.29 is 13.9 Å². The highest BCUT2D eigenvalue weighted by molar-refractivity contribution is 7.73. The molecule has 0 spiro atoms. The van der Waals surface area contributed by atoms with Crippen LogP contribution < -0.4 is 15.7 Å². The minimum absolute atomic E-state index is 0.0615. The molecule has 0 bridgehead atoms. The van der Waals surface area contributed by atoms with E-state index < -0.39 is 6.09 Å². The Morgan fingerprint density at radius 1 is 1.64 bits per heavy atom. The van der Waals surface area contributed by atoms with E-state index in [9.17, 15) is 4.79 Å². The second-order valence-corrected chi connectivity index (χ2v) is 5.81. The highest BCUT2D eigenvalue weighted by Gasteiger charge is 2.12. The fourth-order valence-corrected chi connectivity index (χ4v) is 3.27. The van der Waals surface area contributed by atoms with E-state index in [4.69, 9.17) is 26.8 Å². The Hall–Kier alpha value is -2.46. The maximum Gasteiger partial charge on any atom is 0.434 e. The zero-order valence-corrected chi connectivity index (χ0v) is 13.0. The first kappa shape index (κ1) is 14.5. The third-order valence-electron chi connectivity index (χ3n) is 2.84. The predicted molar refractivity (Wildman–Crippen MR) is 82.1 cm³/mol. The molecular formula is C12H11N5O3S2. The lowest BCUT2D eigenvalue weighted by molar-refractivity contribution is 0.198. The summed E-state index contributed by atoms with van der Waals surface area (Å²) in [5.41, 5.74) is 3.10. The Morgan fingerprint density at radius 3 is 3.14 bits per heavy atom. The molecule has 0 aliphatic carbocycles. The van der Waals surface area contributed by atoms with Gasteiger partial charge in [0.15, 0.2) is 15.1 Å². The molecule has 0 unspecified atom stereocenters. The Balaban J connectivity index is 1.92. The molecule has 0 aromatic carbocycles. The number of furan rings is 1. The SMILES string of the molecule is CCn1c(=S)sc2c(=N)n(NC(=O)Oc3ccco3)cnc21. The molecule has 3 aromatic rings. The van der Waals surface area contributed by atoms with Crippen LogP contribution in [0, 0.1) is 9.36 Å². The molecule has 3 rings (SSSR count). The number of hydrogen-bond donors (Lipinski definition) is 2. The minimum atomic E-state index is -0.784. The van der Waals surface area contributed by atoms with Gasteiger partial charge in [-0.15, -0.1) is 0 Å². The van der Waals surface area contributed by atoms with Crippen molar-refractivity contribution in [1.82, 2.24) is 14.2 Å². The van der Waals surface area contributed by atoms with E-state index in [2.05, 4.69) is 10.4 Å². The summed E-state index contributed by atoms with van der Waals surface area (Å²) in [7, 11) is 0.